The van der Waals surface area contributed by atoms with Crippen molar-refractivity contribution >= 4 is 23.1 Å². The Balaban J connectivity index is 1.56. The number of carbonyl (C=O) groups excluding carboxylic acids is 1. The van der Waals surface area contributed by atoms with E-state index in [1.54, 1.807) is 6.92 Å². The molecule has 0 aliphatic rings. The molecule has 2 N–H and O–H groups in total. The van der Waals surface area contributed by atoms with Crippen LogP contribution in [0, 0.1) is 6.92 Å². The SMILES string of the molecule is Cc1noc(-c2sccc2NC(=O)NC(c2ccccc2)c2ccccc2)n1. The quantitative estimate of drug-likeness (QED) is 0.501. The Hall–Kier alpha value is -3.45. The summed E-state index contributed by atoms with van der Waals surface area (Å²) >= 11 is 1.43. The summed E-state index contributed by atoms with van der Waals surface area (Å²) in [6.07, 6.45) is 0. The molecule has 2 amide bonds. The van der Waals surface area contributed by atoms with Gasteiger partial charge in [0, 0.05) is 0 Å². The van der Waals surface area contributed by atoms with Crippen molar-refractivity contribution in [3.63, 3.8) is 0 Å². The van der Waals surface area contributed by atoms with Crippen molar-refractivity contribution in [2.24, 2.45) is 0 Å². The molecule has 0 atom stereocenters. The summed E-state index contributed by atoms with van der Waals surface area (Å²) in [4.78, 5) is 17.7. The third kappa shape index (κ3) is 3.94. The summed E-state index contributed by atoms with van der Waals surface area (Å²) in [7, 11) is 0. The standard InChI is InChI=1S/C21H18N4O2S/c1-14-22-20(27-25-14)19-17(12-13-28-19)23-21(26)24-18(15-8-4-2-5-9-15)16-10-6-3-7-11-16/h2-13,18H,1H3,(H2,23,24,26). The molecule has 0 spiro atoms. The molecule has 0 radical (unpaired) electrons. The molecular formula is C21H18N4O2S. The largest absolute Gasteiger partial charge is 0.333 e. The van der Waals surface area contributed by atoms with Crippen molar-refractivity contribution < 1.29 is 9.32 Å². The molecule has 2 aromatic carbocycles. The van der Waals surface area contributed by atoms with E-state index < -0.39 is 0 Å². The number of aryl methyl sites for hydroxylation is 1. The number of rotatable bonds is 5. The zero-order chi connectivity index (χ0) is 19.3. The Kier molecular flexibility index (Phi) is 5.16. The zero-order valence-corrected chi connectivity index (χ0v) is 15.9. The van der Waals surface area contributed by atoms with Gasteiger partial charge in [0.25, 0.3) is 5.89 Å². The molecule has 0 aliphatic carbocycles. The smallest absolute Gasteiger partial charge is 0.320 e. The van der Waals surface area contributed by atoms with Gasteiger partial charge < -0.3 is 15.2 Å². The maximum atomic E-state index is 12.8. The van der Waals surface area contributed by atoms with E-state index in [4.69, 9.17) is 4.52 Å². The van der Waals surface area contributed by atoms with E-state index in [0.29, 0.717) is 17.4 Å². The Morgan fingerprint density at radius 1 is 1.00 bits per heavy atom. The molecule has 28 heavy (non-hydrogen) atoms. The summed E-state index contributed by atoms with van der Waals surface area (Å²) < 4.78 is 5.23. The monoisotopic (exact) mass is 390 g/mol. The Morgan fingerprint density at radius 2 is 1.64 bits per heavy atom. The van der Waals surface area contributed by atoms with E-state index in [-0.39, 0.29) is 12.1 Å². The lowest BCUT2D eigenvalue weighted by atomic mass is 9.99. The second-order valence-corrected chi connectivity index (χ2v) is 7.08. The summed E-state index contributed by atoms with van der Waals surface area (Å²) in [5.41, 5.74) is 2.63. The van der Waals surface area contributed by atoms with E-state index in [9.17, 15) is 4.79 Å². The molecule has 0 saturated carbocycles. The maximum Gasteiger partial charge on any atom is 0.320 e. The van der Waals surface area contributed by atoms with Crippen molar-refractivity contribution in [2.45, 2.75) is 13.0 Å². The van der Waals surface area contributed by atoms with Crippen LogP contribution in [-0.2, 0) is 0 Å². The Labute approximate surface area is 166 Å². The lowest BCUT2D eigenvalue weighted by Crippen LogP contribution is -2.33. The molecule has 0 bridgehead atoms. The van der Waals surface area contributed by atoms with E-state index in [0.717, 1.165) is 16.0 Å². The van der Waals surface area contributed by atoms with Crippen molar-refractivity contribution in [1.82, 2.24) is 15.5 Å². The number of anilines is 1. The molecule has 6 nitrogen and oxygen atoms in total. The number of benzene rings is 2. The number of hydrogen-bond donors (Lipinski definition) is 2. The number of nitrogens with one attached hydrogen (secondary N) is 2. The van der Waals surface area contributed by atoms with Gasteiger partial charge in [0.15, 0.2) is 5.82 Å². The van der Waals surface area contributed by atoms with Gasteiger partial charge in [-0.2, -0.15) is 4.98 Å². The number of amides is 2. The number of thiophene rings is 1. The van der Waals surface area contributed by atoms with Gasteiger partial charge >= 0.3 is 6.03 Å². The average molecular weight is 390 g/mol. The highest BCUT2D eigenvalue weighted by molar-refractivity contribution is 7.14. The summed E-state index contributed by atoms with van der Waals surface area (Å²) in [5, 5.41) is 11.6. The van der Waals surface area contributed by atoms with E-state index in [2.05, 4.69) is 20.8 Å². The molecule has 7 heteroatoms. The third-order valence-electron chi connectivity index (χ3n) is 4.18. The molecule has 140 valence electrons. The summed E-state index contributed by atoms with van der Waals surface area (Å²) in [5.74, 6) is 0.942. The van der Waals surface area contributed by atoms with Crippen LogP contribution in [0.5, 0.6) is 0 Å². The lowest BCUT2D eigenvalue weighted by molar-refractivity contribution is 0.250. The second-order valence-electron chi connectivity index (χ2n) is 6.16. The third-order valence-corrected chi connectivity index (χ3v) is 5.08. The number of urea groups is 1. The fourth-order valence-electron chi connectivity index (χ4n) is 2.90. The first-order chi connectivity index (χ1) is 13.7. The highest BCUT2D eigenvalue weighted by atomic mass is 32.1. The molecule has 0 aliphatic heterocycles. The molecule has 2 aromatic heterocycles. The minimum Gasteiger partial charge on any atom is -0.333 e. The Morgan fingerprint density at radius 3 is 2.21 bits per heavy atom. The molecule has 2 heterocycles. The number of nitrogens with zero attached hydrogens (tertiary/aromatic N) is 2. The Bertz CT molecular complexity index is 1020. The minimum atomic E-state index is -0.311. The molecule has 0 saturated heterocycles. The fraction of sp³-hybridized carbons (Fsp3) is 0.0952. The van der Waals surface area contributed by atoms with Crippen LogP contribution in [0.3, 0.4) is 0 Å². The van der Waals surface area contributed by atoms with Gasteiger partial charge in [0.1, 0.15) is 4.88 Å². The van der Waals surface area contributed by atoms with Crippen LogP contribution in [0.2, 0.25) is 0 Å². The van der Waals surface area contributed by atoms with Crippen molar-refractivity contribution in [1.29, 1.82) is 0 Å². The summed E-state index contributed by atoms with van der Waals surface area (Å²) in [6.45, 7) is 1.75. The van der Waals surface area contributed by atoms with Gasteiger partial charge in [0.2, 0.25) is 0 Å². The van der Waals surface area contributed by atoms with Gasteiger partial charge in [-0.05, 0) is 29.5 Å². The van der Waals surface area contributed by atoms with Crippen LogP contribution >= 0.6 is 11.3 Å². The maximum absolute atomic E-state index is 12.8. The first-order valence-corrected chi connectivity index (χ1v) is 9.64. The molecule has 4 aromatic rings. The second kappa shape index (κ2) is 8.06. The molecule has 0 unspecified atom stereocenters. The van der Waals surface area contributed by atoms with Crippen LogP contribution in [0.1, 0.15) is 23.0 Å². The van der Waals surface area contributed by atoms with E-state index >= 15 is 0 Å². The fourth-order valence-corrected chi connectivity index (χ4v) is 3.67. The first kappa shape index (κ1) is 17.9. The zero-order valence-electron chi connectivity index (χ0n) is 15.1. The van der Waals surface area contributed by atoms with E-state index in [1.807, 2.05) is 72.1 Å². The molecule has 4 rings (SSSR count). The van der Waals surface area contributed by atoms with Gasteiger partial charge in [-0.1, -0.05) is 65.8 Å². The van der Waals surface area contributed by atoms with Gasteiger partial charge in [0.05, 0.1) is 11.7 Å². The first-order valence-electron chi connectivity index (χ1n) is 8.76. The predicted molar refractivity (Wildman–Crippen MR) is 109 cm³/mol. The molecule has 0 fully saturated rings. The normalized spacial score (nSPS) is 10.8. The summed E-state index contributed by atoms with van der Waals surface area (Å²) in [6, 6.07) is 21.0. The van der Waals surface area contributed by atoms with Crippen LogP contribution in [0.4, 0.5) is 10.5 Å². The predicted octanol–water partition coefficient (Wildman–Crippen LogP) is 5.02. The number of hydrogen-bond acceptors (Lipinski definition) is 5. The van der Waals surface area contributed by atoms with Gasteiger partial charge in [-0.3, -0.25) is 0 Å². The van der Waals surface area contributed by atoms with Crippen LogP contribution in [0.25, 0.3) is 10.8 Å². The average Bonchev–Trinajstić information content (AvgIpc) is 3.36. The van der Waals surface area contributed by atoms with Crippen LogP contribution < -0.4 is 10.6 Å². The van der Waals surface area contributed by atoms with Crippen LogP contribution in [-0.4, -0.2) is 16.2 Å². The van der Waals surface area contributed by atoms with Crippen molar-refractivity contribution in [2.75, 3.05) is 5.32 Å². The van der Waals surface area contributed by atoms with Gasteiger partial charge in [-0.15, -0.1) is 11.3 Å². The van der Waals surface area contributed by atoms with E-state index in [1.165, 1.54) is 11.3 Å². The highest BCUT2D eigenvalue weighted by Gasteiger charge is 2.19. The van der Waals surface area contributed by atoms with Crippen molar-refractivity contribution in [3.8, 4) is 10.8 Å². The van der Waals surface area contributed by atoms with Gasteiger partial charge in [-0.25, -0.2) is 4.79 Å². The molecular weight excluding hydrogens is 372 g/mol. The number of carbonyl (C=O) groups is 1. The van der Waals surface area contributed by atoms with Crippen molar-refractivity contribution in [3.05, 3.63) is 89.1 Å². The number of aromatic nitrogens is 2. The lowest BCUT2D eigenvalue weighted by Gasteiger charge is -2.20. The minimum absolute atomic E-state index is 0.268. The highest BCUT2D eigenvalue weighted by Crippen LogP contribution is 2.32. The van der Waals surface area contributed by atoms with Crippen LogP contribution in [0.15, 0.2) is 76.6 Å². The topological polar surface area (TPSA) is 80.0 Å².